The van der Waals surface area contributed by atoms with E-state index < -0.39 is 0 Å². The van der Waals surface area contributed by atoms with Gasteiger partial charge in [0.05, 0.1) is 6.20 Å². The number of nitrogens with two attached hydrogens (primary N) is 2. The average molecular weight is 395 g/mol. The van der Waals surface area contributed by atoms with E-state index in [2.05, 4.69) is 24.5 Å². The van der Waals surface area contributed by atoms with Gasteiger partial charge in [-0.25, -0.2) is 24.9 Å². The minimum Gasteiger partial charge on any atom is -0.398 e. The molecule has 4 heterocycles. The molecule has 0 radical (unpaired) electrons. The second-order valence-corrected chi connectivity index (χ2v) is 7.38. The fourth-order valence-corrected chi connectivity index (χ4v) is 3.69. The van der Waals surface area contributed by atoms with Crippen molar-refractivity contribution in [2.75, 3.05) is 11.5 Å². The number of pyridine rings is 1. The molecule has 1 aromatic carbocycles. The predicted molar refractivity (Wildman–Crippen MR) is 114 cm³/mol. The Morgan fingerprint density at radius 1 is 0.900 bits per heavy atom. The van der Waals surface area contributed by atoms with Crippen LogP contribution in [0.1, 0.15) is 18.9 Å². The number of imidazole rings is 1. The van der Waals surface area contributed by atoms with Gasteiger partial charge in [0, 0.05) is 34.9 Å². The number of hydrogen-bond donors (Lipinski definition) is 2. The summed E-state index contributed by atoms with van der Waals surface area (Å²) < 4.78 is 2.12. The second kappa shape index (κ2) is 6.18. The van der Waals surface area contributed by atoms with Crippen LogP contribution in [0.15, 0.2) is 48.9 Å². The van der Waals surface area contributed by atoms with Gasteiger partial charge in [-0.2, -0.15) is 0 Å². The third-order valence-corrected chi connectivity index (χ3v) is 5.27. The lowest BCUT2D eigenvalue weighted by Crippen LogP contribution is -2.03. The quantitative estimate of drug-likeness (QED) is 0.445. The maximum absolute atomic E-state index is 6.14. The fraction of sp³-hybridized carbons (Fsp3) is 0.143. The number of nitrogen functional groups attached to an aromatic ring is 2. The van der Waals surface area contributed by atoms with Gasteiger partial charge in [0.2, 0.25) is 5.95 Å². The van der Waals surface area contributed by atoms with Gasteiger partial charge in [-0.05, 0) is 31.0 Å². The third-order valence-electron chi connectivity index (χ3n) is 5.27. The lowest BCUT2D eigenvalue weighted by atomic mass is 10.1. The molecule has 1 fully saturated rings. The highest BCUT2D eigenvalue weighted by atomic mass is 15.2. The van der Waals surface area contributed by atoms with Crippen molar-refractivity contribution in [1.82, 2.24) is 34.5 Å². The summed E-state index contributed by atoms with van der Waals surface area (Å²) in [6.45, 7) is 0. The first-order valence-electron chi connectivity index (χ1n) is 9.66. The van der Waals surface area contributed by atoms with Gasteiger partial charge in [-0.15, -0.1) is 0 Å². The van der Waals surface area contributed by atoms with E-state index in [0.717, 1.165) is 35.1 Å². The molecule has 4 aromatic heterocycles. The predicted octanol–water partition coefficient (Wildman–Crippen LogP) is 3.00. The van der Waals surface area contributed by atoms with Gasteiger partial charge in [-0.1, -0.05) is 12.1 Å². The molecular weight excluding hydrogens is 378 g/mol. The summed E-state index contributed by atoms with van der Waals surface area (Å²) in [5, 5.41) is 1.91. The molecule has 0 unspecified atom stereocenters. The van der Waals surface area contributed by atoms with Crippen LogP contribution in [-0.2, 0) is 0 Å². The van der Waals surface area contributed by atoms with Crippen LogP contribution in [0, 0.1) is 0 Å². The Labute approximate surface area is 170 Å². The molecule has 6 rings (SSSR count). The molecular formula is C21H17N9. The van der Waals surface area contributed by atoms with E-state index in [-0.39, 0.29) is 5.95 Å². The van der Waals surface area contributed by atoms with E-state index in [1.807, 2.05) is 24.3 Å². The van der Waals surface area contributed by atoms with Crippen LogP contribution in [-0.4, -0.2) is 34.5 Å². The largest absolute Gasteiger partial charge is 0.398 e. The summed E-state index contributed by atoms with van der Waals surface area (Å²) in [5.41, 5.74) is 15.4. The van der Waals surface area contributed by atoms with Crippen LogP contribution in [0.5, 0.6) is 0 Å². The second-order valence-electron chi connectivity index (χ2n) is 7.38. The van der Waals surface area contributed by atoms with Crippen LogP contribution < -0.4 is 11.5 Å². The van der Waals surface area contributed by atoms with Gasteiger partial charge >= 0.3 is 0 Å². The fourth-order valence-electron chi connectivity index (χ4n) is 3.69. The Kier molecular flexibility index (Phi) is 3.46. The zero-order chi connectivity index (χ0) is 20.2. The molecule has 0 atom stereocenters. The normalized spacial score (nSPS) is 13.9. The number of fused-ring (bicyclic) bond motifs is 2. The molecule has 1 aliphatic rings. The molecule has 9 heteroatoms. The number of aromatic nitrogens is 7. The van der Waals surface area contributed by atoms with Crippen molar-refractivity contribution in [2.24, 2.45) is 0 Å². The van der Waals surface area contributed by atoms with Crippen LogP contribution in [0.2, 0.25) is 0 Å². The van der Waals surface area contributed by atoms with Crippen molar-refractivity contribution >= 4 is 33.6 Å². The summed E-state index contributed by atoms with van der Waals surface area (Å²) >= 11 is 0. The van der Waals surface area contributed by atoms with E-state index in [1.54, 1.807) is 24.7 Å². The van der Waals surface area contributed by atoms with Crippen molar-refractivity contribution in [3.8, 4) is 23.0 Å². The third kappa shape index (κ3) is 2.63. The van der Waals surface area contributed by atoms with E-state index in [0.29, 0.717) is 34.5 Å². The first-order chi connectivity index (χ1) is 14.7. The number of rotatable bonds is 3. The van der Waals surface area contributed by atoms with Gasteiger partial charge in [0.25, 0.3) is 0 Å². The number of hydrogen-bond acceptors (Lipinski definition) is 8. The monoisotopic (exact) mass is 395 g/mol. The Bertz CT molecular complexity index is 1440. The standard InChI is InChI=1S/C21H17N9/c22-14-3-1-2-11-9-25-16(8-13(11)14)18-26-10-17-20(29-18)30(12-4-5-12)19(27-17)15-6-7-24-21(23)28-15/h1-3,6-10,12H,4-5,22H2,(H2,23,24,28). The Morgan fingerprint density at radius 2 is 1.80 bits per heavy atom. The minimum absolute atomic E-state index is 0.214. The highest BCUT2D eigenvalue weighted by Crippen LogP contribution is 2.40. The van der Waals surface area contributed by atoms with Crippen LogP contribution in [0.25, 0.3) is 45.0 Å². The molecule has 5 aromatic rings. The molecule has 146 valence electrons. The van der Waals surface area contributed by atoms with E-state index in [4.69, 9.17) is 21.4 Å². The van der Waals surface area contributed by atoms with E-state index in [1.165, 1.54) is 0 Å². The smallest absolute Gasteiger partial charge is 0.220 e. The molecule has 9 nitrogen and oxygen atoms in total. The number of anilines is 2. The minimum atomic E-state index is 0.214. The van der Waals surface area contributed by atoms with Crippen LogP contribution >= 0.6 is 0 Å². The van der Waals surface area contributed by atoms with E-state index >= 15 is 0 Å². The van der Waals surface area contributed by atoms with Gasteiger partial charge in [-0.3, -0.25) is 4.98 Å². The summed E-state index contributed by atoms with van der Waals surface area (Å²) in [7, 11) is 0. The first kappa shape index (κ1) is 16.8. The maximum atomic E-state index is 6.14. The Hall–Kier alpha value is -4.14. The molecule has 0 amide bonds. The SMILES string of the molecule is Nc1nccc(-c2nc3cnc(-c4cc5c(N)cccc5cn4)nc3n2C2CC2)n1. The zero-order valence-corrected chi connectivity index (χ0v) is 15.9. The summed E-state index contributed by atoms with van der Waals surface area (Å²) in [5.74, 6) is 1.47. The summed E-state index contributed by atoms with van der Waals surface area (Å²) in [4.78, 5) is 26.9. The van der Waals surface area contributed by atoms with Gasteiger partial charge < -0.3 is 16.0 Å². The van der Waals surface area contributed by atoms with Crippen molar-refractivity contribution in [3.63, 3.8) is 0 Å². The zero-order valence-electron chi connectivity index (χ0n) is 15.9. The molecule has 1 saturated carbocycles. The Balaban J connectivity index is 1.54. The molecule has 4 N–H and O–H groups in total. The van der Waals surface area contributed by atoms with Gasteiger partial charge in [0.1, 0.15) is 16.9 Å². The highest BCUT2D eigenvalue weighted by Gasteiger charge is 2.30. The lowest BCUT2D eigenvalue weighted by molar-refractivity contribution is 0.763. The average Bonchev–Trinajstić information content (AvgIpc) is 3.53. The van der Waals surface area contributed by atoms with Crippen molar-refractivity contribution in [1.29, 1.82) is 0 Å². The van der Waals surface area contributed by atoms with Crippen molar-refractivity contribution in [3.05, 3.63) is 48.9 Å². The molecule has 0 bridgehead atoms. The molecule has 0 saturated heterocycles. The number of benzene rings is 1. The topological polar surface area (TPSA) is 134 Å². The molecule has 30 heavy (non-hydrogen) atoms. The summed E-state index contributed by atoms with van der Waals surface area (Å²) in [6, 6.07) is 9.83. The van der Waals surface area contributed by atoms with Crippen LogP contribution in [0.4, 0.5) is 11.6 Å². The lowest BCUT2D eigenvalue weighted by Gasteiger charge is -2.07. The van der Waals surface area contributed by atoms with E-state index in [9.17, 15) is 0 Å². The van der Waals surface area contributed by atoms with Gasteiger partial charge in [0.15, 0.2) is 17.3 Å². The Morgan fingerprint density at radius 3 is 2.63 bits per heavy atom. The maximum Gasteiger partial charge on any atom is 0.220 e. The number of nitrogens with zero attached hydrogens (tertiary/aromatic N) is 7. The summed E-state index contributed by atoms with van der Waals surface area (Å²) in [6.07, 6.45) is 7.30. The van der Waals surface area contributed by atoms with Crippen molar-refractivity contribution in [2.45, 2.75) is 18.9 Å². The molecule has 0 aliphatic heterocycles. The first-order valence-corrected chi connectivity index (χ1v) is 9.66. The molecule has 0 spiro atoms. The van der Waals surface area contributed by atoms with Crippen molar-refractivity contribution < 1.29 is 0 Å². The highest BCUT2D eigenvalue weighted by molar-refractivity contribution is 5.94. The molecule has 1 aliphatic carbocycles. The van der Waals surface area contributed by atoms with Crippen LogP contribution in [0.3, 0.4) is 0 Å².